The van der Waals surface area contributed by atoms with E-state index in [4.69, 9.17) is 9.47 Å². The number of hydrogen-bond donors (Lipinski definition) is 0. The molecular weight excluding hydrogens is 324 g/mol. The first kappa shape index (κ1) is 15.9. The fraction of sp³-hybridized carbons (Fsp3) is 0.455. The fourth-order valence-electron chi connectivity index (χ4n) is 5.38. The lowest BCUT2D eigenvalue weighted by Crippen LogP contribution is -2.44. The van der Waals surface area contributed by atoms with Crippen LogP contribution in [0, 0.1) is 5.92 Å². The molecule has 3 aliphatic rings. The summed E-state index contributed by atoms with van der Waals surface area (Å²) >= 11 is 0. The Morgan fingerprint density at radius 3 is 2.38 bits per heavy atom. The van der Waals surface area contributed by atoms with Crippen molar-refractivity contribution in [1.29, 1.82) is 0 Å². The van der Waals surface area contributed by atoms with E-state index in [0.717, 1.165) is 18.0 Å². The maximum atomic E-state index is 5.56. The van der Waals surface area contributed by atoms with Crippen molar-refractivity contribution in [2.45, 2.75) is 31.3 Å². The summed E-state index contributed by atoms with van der Waals surface area (Å²) in [6, 6.07) is 16.3. The highest BCUT2D eigenvalue weighted by molar-refractivity contribution is 5.65. The first-order valence-electron chi connectivity index (χ1n) is 9.65. The van der Waals surface area contributed by atoms with Crippen molar-refractivity contribution in [2.75, 3.05) is 37.1 Å². The zero-order chi connectivity index (χ0) is 17.7. The number of hydrogen-bond acceptors (Lipinski definition) is 4. The number of benzene rings is 2. The van der Waals surface area contributed by atoms with E-state index in [2.05, 4.69) is 52.3 Å². The lowest BCUT2D eigenvalue weighted by molar-refractivity contribution is 0.370. The highest BCUT2D eigenvalue weighted by Crippen LogP contribution is 2.53. The summed E-state index contributed by atoms with van der Waals surface area (Å²) in [5.41, 5.74) is 4.13. The van der Waals surface area contributed by atoms with Crippen LogP contribution in [0.2, 0.25) is 0 Å². The number of methoxy groups -OCH3 is 2. The van der Waals surface area contributed by atoms with Gasteiger partial charge in [0.05, 0.1) is 20.3 Å². The summed E-state index contributed by atoms with van der Waals surface area (Å²) in [5, 5.41) is 0. The van der Waals surface area contributed by atoms with Crippen LogP contribution in [0.5, 0.6) is 11.5 Å². The summed E-state index contributed by atoms with van der Waals surface area (Å²) < 4.78 is 10.9. The molecular formula is C22H26N2O2. The molecule has 0 aromatic heterocycles. The van der Waals surface area contributed by atoms with Crippen LogP contribution in [0.3, 0.4) is 0 Å². The van der Waals surface area contributed by atoms with Gasteiger partial charge in [-0.2, -0.15) is 0 Å². The van der Waals surface area contributed by atoms with E-state index in [1.54, 1.807) is 14.2 Å². The Labute approximate surface area is 155 Å². The number of nitrogens with zero attached hydrogens (tertiary/aromatic N) is 2. The van der Waals surface area contributed by atoms with E-state index in [9.17, 15) is 0 Å². The first-order valence-corrected chi connectivity index (χ1v) is 9.65. The average Bonchev–Trinajstić information content (AvgIpc) is 3.35. The molecule has 0 amide bonds. The monoisotopic (exact) mass is 350 g/mol. The van der Waals surface area contributed by atoms with E-state index >= 15 is 0 Å². The molecule has 26 heavy (non-hydrogen) atoms. The second-order valence-electron chi connectivity index (χ2n) is 7.62. The van der Waals surface area contributed by atoms with Crippen LogP contribution in [-0.4, -0.2) is 33.4 Å². The van der Waals surface area contributed by atoms with Crippen LogP contribution in [0.25, 0.3) is 0 Å². The minimum atomic E-state index is 0.438. The predicted molar refractivity (Wildman–Crippen MR) is 105 cm³/mol. The van der Waals surface area contributed by atoms with Crippen LogP contribution in [0.4, 0.5) is 11.4 Å². The first-order chi connectivity index (χ1) is 12.8. The Morgan fingerprint density at radius 2 is 1.62 bits per heavy atom. The Hall–Kier alpha value is -2.36. The standard InChI is InChI=1S/C22H26N2O2/c1-25-16-7-5-15(6-8-16)23-13-11-18-20-4-3-12-24(20)21-10-9-17(26-2)14-19(21)22(18)23/h5-10,14,18,20,22H,3-4,11-13H2,1-2H3. The fourth-order valence-corrected chi connectivity index (χ4v) is 5.38. The van der Waals surface area contributed by atoms with Crippen molar-refractivity contribution in [3.8, 4) is 11.5 Å². The number of anilines is 2. The molecule has 5 rings (SSSR count). The normalized spacial score (nSPS) is 26.3. The average molecular weight is 350 g/mol. The molecule has 3 aliphatic heterocycles. The molecule has 3 unspecified atom stereocenters. The Morgan fingerprint density at radius 1 is 0.846 bits per heavy atom. The maximum Gasteiger partial charge on any atom is 0.119 e. The van der Waals surface area contributed by atoms with E-state index < -0.39 is 0 Å². The molecule has 3 atom stereocenters. The quantitative estimate of drug-likeness (QED) is 0.826. The molecule has 0 spiro atoms. The van der Waals surface area contributed by atoms with Crippen molar-refractivity contribution in [1.82, 2.24) is 0 Å². The lowest BCUT2D eigenvalue weighted by atomic mass is 9.81. The molecule has 4 heteroatoms. The summed E-state index contributed by atoms with van der Waals surface area (Å²) in [5.74, 6) is 2.57. The molecule has 0 radical (unpaired) electrons. The van der Waals surface area contributed by atoms with Crippen molar-refractivity contribution in [3.63, 3.8) is 0 Å². The van der Waals surface area contributed by atoms with Crippen LogP contribution in [0.15, 0.2) is 42.5 Å². The molecule has 2 aromatic carbocycles. The van der Waals surface area contributed by atoms with E-state index in [0.29, 0.717) is 18.0 Å². The molecule has 2 fully saturated rings. The third-order valence-electron chi connectivity index (χ3n) is 6.50. The van der Waals surface area contributed by atoms with Gasteiger partial charge < -0.3 is 19.3 Å². The van der Waals surface area contributed by atoms with Crippen LogP contribution < -0.4 is 19.3 Å². The third-order valence-corrected chi connectivity index (χ3v) is 6.50. The van der Waals surface area contributed by atoms with Crippen molar-refractivity contribution >= 4 is 11.4 Å². The Bertz CT molecular complexity index is 804. The smallest absolute Gasteiger partial charge is 0.119 e. The van der Waals surface area contributed by atoms with Gasteiger partial charge in [-0.3, -0.25) is 0 Å². The predicted octanol–water partition coefficient (Wildman–Crippen LogP) is 4.25. The van der Waals surface area contributed by atoms with E-state index in [-0.39, 0.29) is 0 Å². The molecule has 2 aromatic rings. The molecule has 0 N–H and O–H groups in total. The summed E-state index contributed by atoms with van der Waals surface area (Å²) in [6.07, 6.45) is 3.89. The number of fused-ring (bicyclic) bond motifs is 6. The Balaban J connectivity index is 1.59. The molecule has 2 saturated heterocycles. The van der Waals surface area contributed by atoms with Crippen molar-refractivity contribution in [2.24, 2.45) is 5.92 Å². The van der Waals surface area contributed by atoms with E-state index in [1.165, 1.54) is 42.7 Å². The zero-order valence-corrected chi connectivity index (χ0v) is 15.5. The topological polar surface area (TPSA) is 24.9 Å². The number of ether oxygens (including phenoxy) is 2. The molecule has 136 valence electrons. The summed E-state index contributed by atoms with van der Waals surface area (Å²) in [4.78, 5) is 5.26. The van der Waals surface area contributed by atoms with Crippen molar-refractivity contribution in [3.05, 3.63) is 48.0 Å². The Kier molecular flexibility index (Phi) is 3.73. The van der Waals surface area contributed by atoms with E-state index in [1.807, 2.05) is 0 Å². The minimum absolute atomic E-state index is 0.438. The third kappa shape index (κ3) is 2.28. The van der Waals surface area contributed by atoms with Gasteiger partial charge in [0.1, 0.15) is 11.5 Å². The van der Waals surface area contributed by atoms with Crippen LogP contribution >= 0.6 is 0 Å². The van der Waals surface area contributed by atoms with Gasteiger partial charge in [0.25, 0.3) is 0 Å². The second-order valence-corrected chi connectivity index (χ2v) is 7.62. The van der Waals surface area contributed by atoms with Gasteiger partial charge in [-0.05, 0) is 61.7 Å². The van der Waals surface area contributed by atoms with Gasteiger partial charge in [-0.25, -0.2) is 0 Å². The number of rotatable bonds is 3. The summed E-state index contributed by atoms with van der Waals surface area (Å²) in [6.45, 7) is 2.30. The maximum absolute atomic E-state index is 5.56. The van der Waals surface area contributed by atoms with Gasteiger partial charge in [0.15, 0.2) is 0 Å². The SMILES string of the molecule is COc1ccc(N2CCC3C4CCCN4c4ccc(OC)cc4C32)cc1. The molecule has 0 saturated carbocycles. The molecule has 4 nitrogen and oxygen atoms in total. The lowest BCUT2D eigenvalue weighted by Gasteiger charge is -2.44. The van der Waals surface area contributed by atoms with Gasteiger partial charge in [-0.1, -0.05) is 0 Å². The van der Waals surface area contributed by atoms with Gasteiger partial charge >= 0.3 is 0 Å². The largest absolute Gasteiger partial charge is 0.497 e. The molecule has 3 heterocycles. The zero-order valence-electron chi connectivity index (χ0n) is 15.5. The van der Waals surface area contributed by atoms with Crippen LogP contribution in [-0.2, 0) is 0 Å². The second kappa shape index (κ2) is 6.11. The minimum Gasteiger partial charge on any atom is -0.497 e. The highest BCUT2D eigenvalue weighted by atomic mass is 16.5. The van der Waals surface area contributed by atoms with Crippen molar-refractivity contribution < 1.29 is 9.47 Å². The van der Waals surface area contributed by atoms with Gasteiger partial charge in [0, 0.05) is 42.0 Å². The van der Waals surface area contributed by atoms with Gasteiger partial charge in [-0.15, -0.1) is 0 Å². The molecule has 0 aliphatic carbocycles. The van der Waals surface area contributed by atoms with Gasteiger partial charge in [0.2, 0.25) is 0 Å². The summed E-state index contributed by atoms with van der Waals surface area (Å²) in [7, 11) is 3.48. The molecule has 0 bridgehead atoms. The van der Waals surface area contributed by atoms with Crippen LogP contribution in [0.1, 0.15) is 30.9 Å². The highest BCUT2D eigenvalue weighted by Gasteiger charge is 2.48.